The lowest BCUT2D eigenvalue weighted by atomic mass is 10.2. The Morgan fingerprint density at radius 2 is 1.86 bits per heavy atom. The molecular formula is C19H16F2N2O5S. The number of anilines is 1. The molecule has 1 heterocycles. The minimum Gasteiger partial charge on any atom is -0.468 e. The summed E-state index contributed by atoms with van der Waals surface area (Å²) < 4.78 is 61.2. The molecule has 0 aliphatic carbocycles. The molecule has 0 spiro atoms. The minimum absolute atomic E-state index is 0.0250. The summed E-state index contributed by atoms with van der Waals surface area (Å²) in [5.41, 5.74) is 0.295. The van der Waals surface area contributed by atoms with Crippen LogP contribution < -0.4 is 14.8 Å². The number of rotatable bonds is 8. The number of amides is 1. The quantitative estimate of drug-likeness (QED) is 0.578. The number of ether oxygens (including phenoxy) is 1. The zero-order valence-corrected chi connectivity index (χ0v) is 15.7. The zero-order valence-electron chi connectivity index (χ0n) is 14.8. The largest absolute Gasteiger partial charge is 0.468 e. The van der Waals surface area contributed by atoms with Crippen LogP contribution in [0.15, 0.2) is 76.2 Å². The average molecular weight is 422 g/mol. The van der Waals surface area contributed by atoms with Crippen molar-refractivity contribution in [2.45, 2.75) is 18.1 Å². The van der Waals surface area contributed by atoms with Gasteiger partial charge in [0, 0.05) is 11.3 Å². The van der Waals surface area contributed by atoms with Crippen LogP contribution in [0.4, 0.5) is 14.5 Å². The summed E-state index contributed by atoms with van der Waals surface area (Å²) in [7, 11) is -3.84. The number of sulfonamides is 1. The van der Waals surface area contributed by atoms with E-state index in [1.54, 1.807) is 12.1 Å². The first kappa shape index (κ1) is 20.5. The second-order valence-corrected chi connectivity index (χ2v) is 7.56. The fourth-order valence-electron chi connectivity index (χ4n) is 2.42. The van der Waals surface area contributed by atoms with Crippen LogP contribution in [0.2, 0.25) is 0 Å². The summed E-state index contributed by atoms with van der Waals surface area (Å²) in [5, 5.41) is 2.53. The van der Waals surface area contributed by atoms with Crippen molar-refractivity contribution in [1.82, 2.24) is 4.72 Å². The normalized spacial score (nSPS) is 11.4. The van der Waals surface area contributed by atoms with Gasteiger partial charge in [0.2, 0.25) is 10.0 Å². The number of halogens is 2. The lowest BCUT2D eigenvalue weighted by Crippen LogP contribution is -2.23. The van der Waals surface area contributed by atoms with Gasteiger partial charge < -0.3 is 14.5 Å². The fourth-order valence-corrected chi connectivity index (χ4v) is 3.46. The van der Waals surface area contributed by atoms with Crippen molar-refractivity contribution in [2.75, 3.05) is 5.32 Å². The molecule has 0 atom stereocenters. The van der Waals surface area contributed by atoms with E-state index in [0.29, 0.717) is 5.76 Å². The van der Waals surface area contributed by atoms with Crippen molar-refractivity contribution in [1.29, 1.82) is 0 Å². The molecule has 3 rings (SSSR count). The summed E-state index contributed by atoms with van der Waals surface area (Å²) in [4.78, 5) is 12.3. The summed E-state index contributed by atoms with van der Waals surface area (Å²) in [6.07, 6.45) is 1.43. The van der Waals surface area contributed by atoms with E-state index in [2.05, 4.69) is 14.8 Å². The van der Waals surface area contributed by atoms with Crippen molar-refractivity contribution in [3.05, 3.63) is 78.3 Å². The van der Waals surface area contributed by atoms with Gasteiger partial charge in [-0.3, -0.25) is 4.79 Å². The maximum absolute atomic E-state index is 12.4. The summed E-state index contributed by atoms with van der Waals surface area (Å²) in [5.74, 6) is -0.321. The molecule has 0 radical (unpaired) electrons. The molecule has 1 amide bonds. The Morgan fingerprint density at radius 1 is 1.07 bits per heavy atom. The van der Waals surface area contributed by atoms with Crippen LogP contribution in [-0.2, 0) is 16.6 Å². The van der Waals surface area contributed by atoms with Gasteiger partial charge >= 0.3 is 6.61 Å². The molecule has 0 fully saturated rings. The molecular weight excluding hydrogens is 406 g/mol. The molecule has 152 valence electrons. The van der Waals surface area contributed by atoms with E-state index in [-0.39, 0.29) is 28.4 Å². The standard InChI is InChI=1S/C19H16F2N2O5S/c20-19(21)28-15-6-1-4-13(10-15)18(24)23-14-5-2-8-17(11-14)29(25,26)22-12-16-7-3-9-27-16/h1-11,19,22H,12H2,(H,23,24). The average Bonchev–Trinajstić information content (AvgIpc) is 3.20. The van der Waals surface area contributed by atoms with Crippen molar-refractivity contribution >= 4 is 21.6 Å². The van der Waals surface area contributed by atoms with E-state index in [0.717, 1.165) is 6.07 Å². The third-order valence-electron chi connectivity index (χ3n) is 3.74. The van der Waals surface area contributed by atoms with Crippen LogP contribution in [0.5, 0.6) is 5.75 Å². The molecule has 0 bridgehead atoms. The molecule has 7 nitrogen and oxygen atoms in total. The molecule has 0 saturated carbocycles. The summed E-state index contributed by atoms with van der Waals surface area (Å²) in [6, 6.07) is 14.2. The number of hydrogen-bond acceptors (Lipinski definition) is 5. The van der Waals surface area contributed by atoms with Crippen LogP contribution in [0.25, 0.3) is 0 Å². The molecule has 0 saturated heterocycles. The predicted octanol–water partition coefficient (Wildman–Crippen LogP) is 3.61. The Hall–Kier alpha value is -3.24. The smallest absolute Gasteiger partial charge is 0.387 e. The molecule has 1 aromatic heterocycles. The molecule has 0 aliphatic rings. The van der Waals surface area contributed by atoms with E-state index >= 15 is 0 Å². The van der Waals surface area contributed by atoms with Gasteiger partial charge in [-0.1, -0.05) is 12.1 Å². The number of furan rings is 1. The van der Waals surface area contributed by atoms with Gasteiger partial charge in [-0.05, 0) is 48.5 Å². The third kappa shape index (κ3) is 5.62. The summed E-state index contributed by atoms with van der Waals surface area (Å²) >= 11 is 0. The van der Waals surface area contributed by atoms with E-state index < -0.39 is 22.5 Å². The Bertz CT molecular complexity index is 1090. The summed E-state index contributed by atoms with van der Waals surface area (Å²) in [6.45, 7) is -3.04. The van der Waals surface area contributed by atoms with Gasteiger partial charge in [0.15, 0.2) is 0 Å². The second-order valence-electron chi connectivity index (χ2n) is 5.79. The van der Waals surface area contributed by atoms with Crippen LogP contribution in [0.1, 0.15) is 16.1 Å². The highest BCUT2D eigenvalue weighted by atomic mass is 32.2. The molecule has 2 aromatic carbocycles. The van der Waals surface area contributed by atoms with E-state index in [1.807, 2.05) is 0 Å². The van der Waals surface area contributed by atoms with Crippen molar-refractivity contribution in [3.8, 4) is 5.75 Å². The molecule has 0 unspecified atom stereocenters. The van der Waals surface area contributed by atoms with E-state index in [9.17, 15) is 22.0 Å². The van der Waals surface area contributed by atoms with Gasteiger partial charge in [0.25, 0.3) is 5.91 Å². The first-order valence-corrected chi connectivity index (χ1v) is 9.80. The van der Waals surface area contributed by atoms with E-state index in [1.165, 1.54) is 48.7 Å². The Kier molecular flexibility index (Phi) is 6.25. The predicted molar refractivity (Wildman–Crippen MR) is 100 cm³/mol. The Morgan fingerprint density at radius 3 is 2.59 bits per heavy atom. The first-order chi connectivity index (χ1) is 13.8. The van der Waals surface area contributed by atoms with Gasteiger partial charge in [0.05, 0.1) is 17.7 Å². The molecule has 29 heavy (non-hydrogen) atoms. The number of carbonyl (C=O) groups is 1. The first-order valence-electron chi connectivity index (χ1n) is 8.32. The highest BCUT2D eigenvalue weighted by molar-refractivity contribution is 7.89. The topological polar surface area (TPSA) is 97.6 Å². The minimum atomic E-state index is -3.84. The highest BCUT2D eigenvalue weighted by Crippen LogP contribution is 2.19. The second kappa shape index (κ2) is 8.84. The number of hydrogen-bond donors (Lipinski definition) is 2. The van der Waals surface area contributed by atoms with Gasteiger partial charge in [-0.2, -0.15) is 8.78 Å². The van der Waals surface area contributed by atoms with Crippen molar-refractivity contribution in [3.63, 3.8) is 0 Å². The maximum atomic E-state index is 12.4. The maximum Gasteiger partial charge on any atom is 0.387 e. The number of alkyl halides is 2. The van der Waals surface area contributed by atoms with Crippen LogP contribution in [0, 0.1) is 0 Å². The molecule has 3 aromatic rings. The highest BCUT2D eigenvalue weighted by Gasteiger charge is 2.16. The monoisotopic (exact) mass is 422 g/mol. The van der Waals surface area contributed by atoms with Gasteiger partial charge in [-0.15, -0.1) is 0 Å². The fraction of sp³-hybridized carbons (Fsp3) is 0.105. The van der Waals surface area contributed by atoms with Crippen molar-refractivity contribution in [2.24, 2.45) is 0 Å². The number of nitrogens with one attached hydrogen (secondary N) is 2. The zero-order chi connectivity index (χ0) is 20.9. The number of carbonyl (C=O) groups excluding carboxylic acids is 1. The lowest BCUT2D eigenvalue weighted by Gasteiger charge is -2.10. The lowest BCUT2D eigenvalue weighted by molar-refractivity contribution is -0.0498. The van der Waals surface area contributed by atoms with E-state index in [4.69, 9.17) is 4.42 Å². The molecule has 0 aliphatic heterocycles. The number of benzene rings is 2. The third-order valence-corrected chi connectivity index (χ3v) is 5.14. The van der Waals surface area contributed by atoms with Gasteiger partial charge in [-0.25, -0.2) is 13.1 Å². The molecule has 2 N–H and O–H groups in total. The Balaban J connectivity index is 1.71. The van der Waals surface area contributed by atoms with Crippen molar-refractivity contribution < 1.29 is 31.1 Å². The van der Waals surface area contributed by atoms with Crippen LogP contribution >= 0.6 is 0 Å². The van der Waals surface area contributed by atoms with Crippen LogP contribution in [-0.4, -0.2) is 20.9 Å². The van der Waals surface area contributed by atoms with Gasteiger partial charge in [0.1, 0.15) is 11.5 Å². The molecule has 10 heteroatoms. The SMILES string of the molecule is O=C(Nc1cccc(S(=O)(=O)NCc2ccco2)c1)c1cccc(OC(F)F)c1. The van der Waals surface area contributed by atoms with Crippen LogP contribution in [0.3, 0.4) is 0 Å². The Labute approximate surface area is 165 Å².